The number of carbonyl (C=O) groups is 15. The molecule has 792 valence electrons. The summed E-state index contributed by atoms with van der Waals surface area (Å²) in [6.45, 7) is 20.6. The molecule has 0 spiro atoms. The minimum atomic E-state index is -0.542. The Labute approximate surface area is 862 Å². The van der Waals surface area contributed by atoms with E-state index in [0.717, 1.165) is 147 Å². The van der Waals surface area contributed by atoms with E-state index in [1.165, 1.54) is 28.2 Å². The quantitative estimate of drug-likeness (QED) is 0.0124. The molecule has 12 rings (SSSR count). The van der Waals surface area contributed by atoms with Crippen molar-refractivity contribution >= 4 is 112 Å². The Hall–Kier alpha value is -14.8. The third-order valence-corrected chi connectivity index (χ3v) is 24.9. The van der Waals surface area contributed by atoms with Crippen molar-refractivity contribution in [1.82, 2.24) is 58.5 Å². The van der Waals surface area contributed by atoms with Crippen LogP contribution >= 0.6 is 0 Å². The maximum atomic E-state index is 12.9. The van der Waals surface area contributed by atoms with Gasteiger partial charge in [-0.1, -0.05) is 136 Å². The number of fused-ring (bicyclic) bond motifs is 12. The minimum absolute atomic E-state index is 0. The predicted octanol–water partition coefficient (Wildman–Crippen LogP) is 16.5. The van der Waals surface area contributed by atoms with Gasteiger partial charge in [0, 0.05) is 195 Å². The van der Waals surface area contributed by atoms with Crippen molar-refractivity contribution in [2.45, 2.75) is 227 Å². The van der Waals surface area contributed by atoms with Crippen LogP contribution < -0.4 is 79.8 Å². The van der Waals surface area contributed by atoms with Crippen LogP contribution in [0.1, 0.15) is 292 Å². The van der Waals surface area contributed by atoms with Gasteiger partial charge < -0.3 is 103 Å². The van der Waals surface area contributed by atoms with Crippen LogP contribution in [0.5, 0.6) is 0 Å². The van der Waals surface area contributed by atoms with E-state index < -0.39 is 24.4 Å². The van der Waals surface area contributed by atoms with Crippen LogP contribution in [0.25, 0.3) is 33.4 Å². The van der Waals surface area contributed by atoms with Crippen LogP contribution in [0.3, 0.4) is 0 Å². The molecule has 35 heteroatoms. The van der Waals surface area contributed by atoms with Crippen molar-refractivity contribution in [1.29, 1.82) is 0 Å². The molecule has 0 fully saturated rings. The largest absolute Gasteiger partial charge is 0.449 e. The third-order valence-electron chi connectivity index (χ3n) is 24.9. The summed E-state index contributed by atoms with van der Waals surface area (Å²) >= 11 is 0. The fourth-order valence-corrected chi connectivity index (χ4v) is 17.7. The van der Waals surface area contributed by atoms with Gasteiger partial charge in [0.1, 0.15) is 33.0 Å². The summed E-state index contributed by atoms with van der Waals surface area (Å²) in [5, 5.41) is 41.7. The summed E-state index contributed by atoms with van der Waals surface area (Å²) in [6.07, 6.45) is 13.9. The average molecular weight is 2030 g/mol. The Balaban J connectivity index is 0.000000240. The van der Waals surface area contributed by atoms with Crippen molar-refractivity contribution in [2.24, 2.45) is 0 Å². The second-order valence-corrected chi connectivity index (χ2v) is 35.9. The summed E-state index contributed by atoms with van der Waals surface area (Å²) in [5.74, 6) is -2.03. The molecule has 7 aromatic rings. The van der Waals surface area contributed by atoms with Crippen molar-refractivity contribution in [2.75, 3.05) is 128 Å². The van der Waals surface area contributed by atoms with Crippen molar-refractivity contribution in [3.8, 4) is 33.4 Å². The van der Waals surface area contributed by atoms with E-state index in [1.807, 2.05) is 158 Å². The Morgan fingerprint density at radius 3 is 1.08 bits per heavy atom. The highest BCUT2D eigenvalue weighted by Crippen LogP contribution is 2.53. The molecule has 5 aliphatic rings. The number of alkyl carbamates (subject to hydrolysis) is 4. The zero-order valence-corrected chi connectivity index (χ0v) is 86.2. The Morgan fingerprint density at radius 2 is 0.667 bits per heavy atom. The van der Waals surface area contributed by atoms with Gasteiger partial charge in [0.05, 0.1) is 0 Å². The zero-order chi connectivity index (χ0) is 106. The fraction of sp³-hybridized carbons (Fsp3) is 0.455. The Morgan fingerprint density at radius 1 is 0.320 bits per heavy atom. The number of amides is 15. The topological polar surface area (TPSA) is 483 Å². The molecule has 0 saturated heterocycles. The number of aryl methyl sites for hydroxylation is 1. The van der Waals surface area contributed by atoms with Gasteiger partial charge in [-0.25, -0.2) is 19.2 Å². The van der Waals surface area contributed by atoms with E-state index in [-0.39, 0.29) is 154 Å². The number of allylic oxidation sites excluding steroid dienone is 2. The molecule has 35 nitrogen and oxygen atoms in total. The van der Waals surface area contributed by atoms with E-state index in [1.54, 1.807) is 19.1 Å². The number of hydrogen-bond donors (Lipinski definition) is 15. The second kappa shape index (κ2) is 61.5. The molecular formula is C112H149N15O20. The number of rotatable bonds is 48. The van der Waals surface area contributed by atoms with E-state index in [0.29, 0.717) is 143 Å². The summed E-state index contributed by atoms with van der Waals surface area (Å²) < 4.78 is 27.0. The predicted molar refractivity (Wildman–Crippen MR) is 569 cm³/mol. The van der Waals surface area contributed by atoms with Crippen LogP contribution in [-0.2, 0) is 73.3 Å². The number of benzene rings is 7. The van der Waals surface area contributed by atoms with Gasteiger partial charge in [-0.3, -0.25) is 52.7 Å². The SMILES string of the molecule is C.CCCNC(=O)CCCC(=O)NC1=CCC2C(=C1)C(COC(=O)NC)c1cc(NC(=O)CCCC(=O)NCCC)ccc12.CCCNC(=O)CCCC(=O)Nc1ccc2c(c1)C(COC(=O)NC)c1cccc(C(=O)NCCC)c1-2.CCCNC(=O)CCCc1ccc2c(c1)C(COC(=O)NC)c1cccc(C(=O)NCCC)c1-2.CCCOCC(=O)Nc1ccc2c(c1)C(COC(=O)NC)c1cc(NC(=O)CC)ccc1-2. The van der Waals surface area contributed by atoms with E-state index in [4.69, 9.17) is 23.7 Å². The van der Waals surface area contributed by atoms with Crippen molar-refractivity contribution in [3.63, 3.8) is 0 Å². The van der Waals surface area contributed by atoms with E-state index in [9.17, 15) is 71.9 Å². The lowest BCUT2D eigenvalue weighted by atomic mass is 9.87. The number of anilines is 4. The molecule has 0 aliphatic heterocycles. The van der Waals surface area contributed by atoms with Gasteiger partial charge in [0.2, 0.25) is 53.2 Å². The molecule has 147 heavy (non-hydrogen) atoms. The summed E-state index contributed by atoms with van der Waals surface area (Å²) in [6, 6.07) is 40.3. The highest BCUT2D eigenvalue weighted by molar-refractivity contribution is 6.06. The molecule has 15 N–H and O–H groups in total. The lowest BCUT2D eigenvalue weighted by Gasteiger charge is -2.22. The monoisotopic (exact) mass is 2020 g/mol. The maximum absolute atomic E-state index is 12.9. The van der Waals surface area contributed by atoms with Gasteiger partial charge in [0.25, 0.3) is 11.8 Å². The molecule has 0 bridgehead atoms. The van der Waals surface area contributed by atoms with Gasteiger partial charge in [-0.2, -0.15) is 0 Å². The van der Waals surface area contributed by atoms with Crippen LogP contribution in [0, 0.1) is 0 Å². The lowest BCUT2D eigenvalue weighted by molar-refractivity contribution is -0.123. The maximum Gasteiger partial charge on any atom is 0.406 e. The first-order chi connectivity index (χ1) is 70.6. The highest BCUT2D eigenvalue weighted by atomic mass is 16.6. The van der Waals surface area contributed by atoms with Crippen LogP contribution in [-0.4, -0.2) is 196 Å². The Kier molecular flexibility index (Phi) is 49.1. The van der Waals surface area contributed by atoms with Gasteiger partial charge in [-0.15, -0.1) is 0 Å². The van der Waals surface area contributed by atoms with E-state index in [2.05, 4.69) is 98.0 Å². The van der Waals surface area contributed by atoms with Gasteiger partial charge >= 0.3 is 24.4 Å². The molecule has 0 aromatic heterocycles. The van der Waals surface area contributed by atoms with Gasteiger partial charge in [0.15, 0.2) is 0 Å². The first-order valence-electron chi connectivity index (χ1n) is 51.1. The molecular weight excluding hydrogens is 1880 g/mol. The van der Waals surface area contributed by atoms with E-state index >= 15 is 0 Å². The van der Waals surface area contributed by atoms with Gasteiger partial charge in [-0.05, 0) is 239 Å². The van der Waals surface area contributed by atoms with Crippen molar-refractivity contribution < 1.29 is 95.6 Å². The average Bonchev–Trinajstić information content (AvgIpc) is 1.61. The summed E-state index contributed by atoms with van der Waals surface area (Å²) in [4.78, 5) is 182. The fourth-order valence-electron chi connectivity index (χ4n) is 17.7. The number of carbonyl (C=O) groups excluding carboxylic acids is 15. The number of ether oxygens (including phenoxy) is 5. The summed E-state index contributed by atoms with van der Waals surface area (Å²) in [7, 11) is 6.03. The van der Waals surface area contributed by atoms with Crippen molar-refractivity contribution in [3.05, 3.63) is 212 Å². The molecule has 15 amide bonds. The lowest BCUT2D eigenvalue weighted by Crippen LogP contribution is -2.26. The molecule has 5 atom stereocenters. The molecule has 7 aromatic carbocycles. The molecule has 0 heterocycles. The van der Waals surface area contributed by atoms with Crippen LogP contribution in [0.2, 0.25) is 0 Å². The highest BCUT2D eigenvalue weighted by Gasteiger charge is 2.40. The second-order valence-electron chi connectivity index (χ2n) is 35.9. The first-order valence-corrected chi connectivity index (χ1v) is 51.1. The number of nitrogens with one attached hydrogen (secondary N) is 15. The summed E-state index contributed by atoms with van der Waals surface area (Å²) in [5.41, 5.74) is 19.9. The normalized spacial score (nSPS) is 14.3. The minimum Gasteiger partial charge on any atom is -0.449 e. The Bertz CT molecular complexity index is 5820. The zero-order valence-electron chi connectivity index (χ0n) is 86.2. The van der Waals surface area contributed by atoms with Crippen LogP contribution in [0.15, 0.2) is 151 Å². The standard InChI is InChI=1S/C32H45N5O6.C28H36N4O5.C27H35N3O4.C24H29N3O5.CH4/c1-4-16-34-28(38)8-6-10-30(40)36-21-12-14-23-24-15-13-22(37-31(41)11-7-9-29(39)35-17-5-2)19-26(24)27(25(23)18-21)20-43-32(42)33-3;1-4-14-30-24(33)10-7-11-25(34)32-18-12-13-20-22(16-18)23(17-37-28(36)29-3)19-8-6-9-21(26(19)20)27(35)31-15-5-2;1-4-14-29-24(31)11-6-8-18-12-13-20-22(16-18)23(17-34-27(33)28-3)19-9-7-10-21(25(19)20)26(32)30-15-5-2;1-4-10-31-14-23(29)27-16-7-9-18-17-8-6-15(26-22(28)5-2)11-19(17)21(20(18)12-16)13-32-24(30)25-3;/h12-14,18-19,24,27H,4-11,15-17,20H2,1-3H3,(H,33,42)(H,34,38)(H,35,39)(H,36,40)(H,37,41);6,8-9,12-13,16,23H,4-5,7,10-11,14-15,17H2,1-3H3,(H,29,36)(H,30,33)(H,31,35)(H,32,34);7,9-10,12-13,16,23H,4-6,8,11,14-15,17H2,1-3H3,(H,28,33)(H,29,31)(H,30,32);6-9,11-12,21H,4-5,10,13-14H2,1-3H3,(H,25,30)(H,26,28)(H,27,29);1H4. The first kappa shape index (κ1) is 117. The van der Waals surface area contributed by atoms with Crippen LogP contribution in [0.4, 0.5) is 41.9 Å². The third kappa shape index (κ3) is 35.0. The molecule has 0 saturated carbocycles. The molecule has 5 aliphatic carbocycles. The molecule has 0 radical (unpaired) electrons. The number of hydrogen-bond acceptors (Lipinski definition) is 20. The smallest absolute Gasteiger partial charge is 0.406 e. The molecule has 5 unspecified atom stereocenters.